The standard InChI is InChI=1S/C7H7NO2.C5H9NO4/c8-6-3-1-5(2-4-6)7(9)10;6-3(5(9)10)1-2-4(7)8/h1-4H,8H2,(H,9,10);3H,1-2,6H2,(H,7,8)(H,9,10)/t;3-/m.0/s1. The first-order valence-corrected chi connectivity index (χ1v) is 5.53. The summed E-state index contributed by atoms with van der Waals surface area (Å²) in [6, 6.07) is 5.00. The number of nitrogen functional groups attached to an aromatic ring is 1. The fourth-order valence-corrected chi connectivity index (χ4v) is 1.03. The molecule has 1 aromatic rings. The van der Waals surface area contributed by atoms with E-state index in [-0.39, 0.29) is 18.4 Å². The molecule has 0 spiro atoms. The van der Waals surface area contributed by atoms with Crippen molar-refractivity contribution in [1.82, 2.24) is 0 Å². The summed E-state index contributed by atoms with van der Waals surface area (Å²) < 4.78 is 0. The third-order valence-electron chi connectivity index (χ3n) is 2.14. The van der Waals surface area contributed by atoms with Crippen LogP contribution < -0.4 is 11.5 Å². The van der Waals surface area contributed by atoms with E-state index in [9.17, 15) is 14.4 Å². The minimum Gasteiger partial charge on any atom is -0.481 e. The summed E-state index contributed by atoms with van der Waals surface area (Å²) in [6.07, 6.45) is -0.224. The molecule has 0 aromatic heterocycles. The van der Waals surface area contributed by atoms with Crippen molar-refractivity contribution in [3.63, 3.8) is 0 Å². The van der Waals surface area contributed by atoms with Crippen LogP contribution in [0.5, 0.6) is 0 Å². The largest absolute Gasteiger partial charge is 0.481 e. The Morgan fingerprint density at radius 3 is 1.90 bits per heavy atom. The summed E-state index contributed by atoms with van der Waals surface area (Å²) in [5.74, 6) is -3.13. The third kappa shape index (κ3) is 7.67. The Labute approximate surface area is 114 Å². The maximum Gasteiger partial charge on any atom is 0.335 e. The van der Waals surface area contributed by atoms with E-state index in [1.165, 1.54) is 12.1 Å². The highest BCUT2D eigenvalue weighted by Gasteiger charge is 2.12. The van der Waals surface area contributed by atoms with Crippen LogP contribution in [0.25, 0.3) is 0 Å². The number of nitrogens with two attached hydrogens (primary N) is 2. The first kappa shape index (κ1) is 17.4. The van der Waals surface area contributed by atoms with Gasteiger partial charge in [-0.15, -0.1) is 0 Å². The van der Waals surface area contributed by atoms with E-state index in [1.54, 1.807) is 12.1 Å². The lowest BCUT2D eigenvalue weighted by Crippen LogP contribution is -2.30. The molecule has 8 heteroatoms. The highest BCUT2D eigenvalue weighted by molar-refractivity contribution is 5.87. The fourth-order valence-electron chi connectivity index (χ4n) is 1.03. The van der Waals surface area contributed by atoms with Gasteiger partial charge in [-0.1, -0.05) is 0 Å². The van der Waals surface area contributed by atoms with Gasteiger partial charge in [0.15, 0.2) is 0 Å². The summed E-state index contributed by atoms with van der Waals surface area (Å²) in [6.45, 7) is 0. The molecule has 1 rings (SSSR count). The topological polar surface area (TPSA) is 164 Å². The Kier molecular flexibility index (Phi) is 7.38. The van der Waals surface area contributed by atoms with Crippen LogP contribution in [0.4, 0.5) is 5.69 Å². The van der Waals surface area contributed by atoms with Crippen molar-refractivity contribution in [2.24, 2.45) is 5.73 Å². The molecule has 0 radical (unpaired) electrons. The van der Waals surface area contributed by atoms with Gasteiger partial charge < -0.3 is 26.8 Å². The lowest BCUT2D eigenvalue weighted by Gasteiger charge is -2.01. The molecule has 0 aliphatic carbocycles. The summed E-state index contributed by atoms with van der Waals surface area (Å²) in [7, 11) is 0. The SMILES string of the molecule is N[C@@H](CCC(=O)O)C(=O)O.Nc1ccc(C(=O)O)cc1. The van der Waals surface area contributed by atoms with Crippen LogP contribution in [-0.2, 0) is 9.59 Å². The average molecular weight is 284 g/mol. The lowest BCUT2D eigenvalue weighted by molar-refractivity contribution is -0.139. The van der Waals surface area contributed by atoms with Gasteiger partial charge in [-0.3, -0.25) is 9.59 Å². The highest BCUT2D eigenvalue weighted by Crippen LogP contribution is 2.04. The zero-order valence-corrected chi connectivity index (χ0v) is 10.5. The second-order valence-corrected chi connectivity index (χ2v) is 3.80. The average Bonchev–Trinajstić information content (AvgIpc) is 2.37. The lowest BCUT2D eigenvalue weighted by atomic mass is 10.2. The van der Waals surface area contributed by atoms with Crippen LogP contribution >= 0.6 is 0 Å². The van der Waals surface area contributed by atoms with Crippen LogP contribution in [0.2, 0.25) is 0 Å². The van der Waals surface area contributed by atoms with Crippen LogP contribution in [-0.4, -0.2) is 39.3 Å². The summed E-state index contributed by atoms with van der Waals surface area (Å²) in [4.78, 5) is 30.1. The highest BCUT2D eigenvalue weighted by atomic mass is 16.4. The molecule has 8 nitrogen and oxygen atoms in total. The van der Waals surface area contributed by atoms with Crippen molar-refractivity contribution in [1.29, 1.82) is 0 Å². The van der Waals surface area contributed by atoms with Gasteiger partial charge in [0.05, 0.1) is 5.56 Å². The van der Waals surface area contributed by atoms with E-state index < -0.39 is 23.9 Å². The minimum absolute atomic E-state index is 0.0231. The number of hydrogen-bond acceptors (Lipinski definition) is 5. The van der Waals surface area contributed by atoms with Crippen molar-refractivity contribution in [3.05, 3.63) is 29.8 Å². The first-order valence-electron chi connectivity index (χ1n) is 5.53. The maximum absolute atomic E-state index is 10.3. The smallest absolute Gasteiger partial charge is 0.335 e. The maximum atomic E-state index is 10.3. The zero-order valence-electron chi connectivity index (χ0n) is 10.5. The van der Waals surface area contributed by atoms with Gasteiger partial charge in [0.25, 0.3) is 0 Å². The van der Waals surface area contributed by atoms with E-state index in [4.69, 9.17) is 26.8 Å². The molecular weight excluding hydrogens is 268 g/mol. The molecule has 0 unspecified atom stereocenters. The molecule has 0 bridgehead atoms. The Bertz CT molecular complexity index is 471. The Hall–Kier alpha value is -2.61. The van der Waals surface area contributed by atoms with E-state index in [1.807, 2.05) is 0 Å². The quantitative estimate of drug-likeness (QED) is 0.479. The number of carboxylic acid groups (broad SMARTS) is 3. The molecule has 0 amide bonds. The van der Waals surface area contributed by atoms with E-state index in [2.05, 4.69) is 0 Å². The summed E-state index contributed by atoms with van der Waals surface area (Å²) in [5, 5.41) is 24.7. The molecule has 7 N–H and O–H groups in total. The molecule has 0 fully saturated rings. The van der Waals surface area contributed by atoms with Crippen molar-refractivity contribution in [2.75, 3.05) is 5.73 Å². The van der Waals surface area contributed by atoms with Crippen molar-refractivity contribution < 1.29 is 29.7 Å². The molecule has 1 atom stereocenters. The molecule has 0 heterocycles. The number of hydrogen-bond donors (Lipinski definition) is 5. The zero-order chi connectivity index (χ0) is 15.7. The molecular formula is C12H16N2O6. The molecule has 0 aliphatic heterocycles. The second kappa shape index (κ2) is 8.48. The number of aromatic carboxylic acids is 1. The van der Waals surface area contributed by atoms with Gasteiger partial charge in [-0.25, -0.2) is 4.79 Å². The van der Waals surface area contributed by atoms with Crippen LogP contribution in [0.1, 0.15) is 23.2 Å². The Balaban J connectivity index is 0.000000361. The van der Waals surface area contributed by atoms with Crippen LogP contribution in [0.3, 0.4) is 0 Å². The monoisotopic (exact) mass is 284 g/mol. The molecule has 0 saturated carbocycles. The number of benzene rings is 1. The van der Waals surface area contributed by atoms with Gasteiger partial charge >= 0.3 is 17.9 Å². The number of carbonyl (C=O) groups is 3. The number of rotatable bonds is 5. The van der Waals surface area contributed by atoms with Crippen molar-refractivity contribution in [2.45, 2.75) is 18.9 Å². The molecule has 0 saturated heterocycles. The van der Waals surface area contributed by atoms with Crippen molar-refractivity contribution >= 4 is 23.6 Å². The number of aliphatic carboxylic acids is 2. The predicted octanol–water partition coefficient (Wildman–Crippen LogP) is 0.230. The number of carboxylic acids is 3. The second-order valence-electron chi connectivity index (χ2n) is 3.80. The van der Waals surface area contributed by atoms with Gasteiger partial charge in [-0.2, -0.15) is 0 Å². The molecule has 20 heavy (non-hydrogen) atoms. The van der Waals surface area contributed by atoms with E-state index >= 15 is 0 Å². The predicted molar refractivity (Wildman–Crippen MR) is 70.3 cm³/mol. The van der Waals surface area contributed by atoms with Gasteiger partial charge in [0, 0.05) is 12.1 Å². The van der Waals surface area contributed by atoms with Gasteiger partial charge in [0.1, 0.15) is 6.04 Å². The molecule has 0 aliphatic rings. The van der Waals surface area contributed by atoms with Crippen LogP contribution in [0, 0.1) is 0 Å². The normalized spacial score (nSPS) is 10.8. The van der Waals surface area contributed by atoms with Gasteiger partial charge in [-0.05, 0) is 30.7 Å². The van der Waals surface area contributed by atoms with E-state index in [0.29, 0.717) is 5.69 Å². The van der Waals surface area contributed by atoms with E-state index in [0.717, 1.165) is 0 Å². The Morgan fingerprint density at radius 2 is 1.55 bits per heavy atom. The fraction of sp³-hybridized carbons (Fsp3) is 0.250. The van der Waals surface area contributed by atoms with Crippen molar-refractivity contribution in [3.8, 4) is 0 Å². The first-order chi connectivity index (χ1) is 9.23. The van der Waals surface area contributed by atoms with Gasteiger partial charge in [0.2, 0.25) is 0 Å². The minimum atomic E-state index is -1.17. The van der Waals surface area contributed by atoms with Crippen LogP contribution in [0.15, 0.2) is 24.3 Å². The molecule has 1 aromatic carbocycles. The summed E-state index contributed by atoms with van der Waals surface area (Å²) >= 11 is 0. The Morgan fingerprint density at radius 1 is 1.05 bits per heavy atom. The third-order valence-corrected chi connectivity index (χ3v) is 2.14. The summed E-state index contributed by atoms with van der Waals surface area (Å²) in [5.41, 5.74) is 11.2. The molecule has 110 valence electrons. The number of anilines is 1.